The highest BCUT2D eigenvalue weighted by molar-refractivity contribution is 6.01. The fraction of sp³-hybridized carbons (Fsp3) is 0.379. The van der Waals surface area contributed by atoms with Gasteiger partial charge in [-0.3, -0.25) is 9.59 Å². The normalized spacial score (nSPS) is 21.9. The Hall–Kier alpha value is -3.54. The molecule has 0 spiro atoms. The number of hydrogen-bond acceptors (Lipinski definition) is 6. The van der Waals surface area contributed by atoms with Gasteiger partial charge in [0.15, 0.2) is 17.3 Å². The van der Waals surface area contributed by atoms with Crippen LogP contribution < -0.4 is 14.8 Å². The van der Waals surface area contributed by atoms with E-state index in [1.165, 1.54) is 0 Å². The van der Waals surface area contributed by atoms with Gasteiger partial charge in [0.2, 0.25) is 0 Å². The molecule has 0 bridgehead atoms. The van der Waals surface area contributed by atoms with E-state index in [1.807, 2.05) is 57.2 Å². The summed E-state index contributed by atoms with van der Waals surface area (Å²) in [6, 6.07) is 15.6. The number of carbonyl (C=O) groups excluding carboxylic acids is 2. The molecular weight excluding hydrogens is 442 g/mol. The van der Waals surface area contributed by atoms with E-state index in [0.29, 0.717) is 42.2 Å². The van der Waals surface area contributed by atoms with Crippen molar-refractivity contribution in [2.45, 2.75) is 51.6 Å². The van der Waals surface area contributed by atoms with Crippen LogP contribution in [0.5, 0.6) is 11.5 Å². The molecule has 0 aromatic heterocycles. The first-order valence-electron chi connectivity index (χ1n) is 12.1. The number of benzene rings is 2. The zero-order valence-electron chi connectivity index (χ0n) is 20.8. The van der Waals surface area contributed by atoms with E-state index in [9.17, 15) is 9.59 Å². The van der Waals surface area contributed by atoms with Gasteiger partial charge in [0.1, 0.15) is 5.92 Å². The molecule has 2 aliphatic rings. The molecule has 184 valence electrons. The molecule has 0 saturated heterocycles. The van der Waals surface area contributed by atoms with E-state index in [1.54, 1.807) is 7.11 Å². The molecule has 3 unspecified atom stereocenters. The summed E-state index contributed by atoms with van der Waals surface area (Å²) in [5.74, 6) is -0.411. The maximum Gasteiger partial charge on any atom is 0.316 e. The molecule has 3 atom stereocenters. The highest BCUT2D eigenvalue weighted by atomic mass is 16.5. The molecule has 2 aromatic carbocycles. The molecule has 4 rings (SSSR count). The lowest BCUT2D eigenvalue weighted by Gasteiger charge is -2.40. The summed E-state index contributed by atoms with van der Waals surface area (Å²) in [6.45, 7) is 10.2. The first-order chi connectivity index (χ1) is 16.8. The number of methoxy groups -OCH3 is 1. The third kappa shape index (κ3) is 4.97. The van der Waals surface area contributed by atoms with Crippen LogP contribution in [0.3, 0.4) is 0 Å². The van der Waals surface area contributed by atoms with E-state index >= 15 is 0 Å². The standard InChI is InChI=1S/C29H33NO5/c1-6-34-24-13-12-20(16-25(24)33-5)27-26(29(32)35-17(2)3)18(4)30-22-14-21(15-23(31)28(22)27)19-10-8-7-9-11-19/h7-13,16-17,21,26-27,30H,4,6,14-15H2,1-3,5H3. The Morgan fingerprint density at radius 3 is 2.49 bits per heavy atom. The molecule has 1 aliphatic carbocycles. The van der Waals surface area contributed by atoms with Crippen LogP contribution in [0.25, 0.3) is 0 Å². The average Bonchev–Trinajstić information content (AvgIpc) is 2.83. The average molecular weight is 476 g/mol. The van der Waals surface area contributed by atoms with Gasteiger partial charge in [-0.2, -0.15) is 0 Å². The van der Waals surface area contributed by atoms with Crippen LogP contribution in [0, 0.1) is 5.92 Å². The Balaban J connectivity index is 1.82. The van der Waals surface area contributed by atoms with Gasteiger partial charge in [0.25, 0.3) is 0 Å². The summed E-state index contributed by atoms with van der Waals surface area (Å²) >= 11 is 0. The summed E-state index contributed by atoms with van der Waals surface area (Å²) in [6.07, 6.45) is 0.764. The number of carbonyl (C=O) groups is 2. The maximum absolute atomic E-state index is 13.7. The Morgan fingerprint density at radius 1 is 1.09 bits per heavy atom. The van der Waals surface area contributed by atoms with Crippen molar-refractivity contribution in [1.82, 2.24) is 5.32 Å². The fourth-order valence-corrected chi connectivity index (χ4v) is 5.11. The number of rotatable bonds is 7. The van der Waals surface area contributed by atoms with Crippen LogP contribution in [0.15, 0.2) is 72.1 Å². The predicted octanol–water partition coefficient (Wildman–Crippen LogP) is 5.26. The van der Waals surface area contributed by atoms with Gasteiger partial charge in [-0.05, 0) is 56.4 Å². The summed E-state index contributed by atoms with van der Waals surface area (Å²) in [7, 11) is 1.58. The van der Waals surface area contributed by atoms with Gasteiger partial charge in [-0.15, -0.1) is 0 Å². The first-order valence-corrected chi connectivity index (χ1v) is 12.1. The molecule has 0 radical (unpaired) electrons. The molecule has 6 nitrogen and oxygen atoms in total. The first kappa shape index (κ1) is 24.6. The Kier molecular flexibility index (Phi) is 7.29. The monoisotopic (exact) mass is 475 g/mol. The number of allylic oxidation sites excluding steroid dienone is 2. The van der Waals surface area contributed by atoms with Crippen molar-refractivity contribution >= 4 is 11.8 Å². The van der Waals surface area contributed by atoms with Crippen LogP contribution in [0.4, 0.5) is 0 Å². The van der Waals surface area contributed by atoms with Crippen LogP contribution in [0.2, 0.25) is 0 Å². The zero-order chi connectivity index (χ0) is 25.1. The summed E-state index contributed by atoms with van der Waals surface area (Å²) in [4.78, 5) is 27.0. The quantitative estimate of drug-likeness (QED) is 0.551. The number of hydrogen-bond donors (Lipinski definition) is 1. The Bertz CT molecular complexity index is 1150. The SMILES string of the molecule is C=C1NC2=C(C(=O)CC(c3ccccc3)C2)C(c2ccc(OCC)c(OC)c2)C1C(=O)OC(C)C. The Labute approximate surface area is 207 Å². The van der Waals surface area contributed by atoms with Crippen molar-refractivity contribution in [2.24, 2.45) is 5.92 Å². The minimum Gasteiger partial charge on any atom is -0.493 e. The lowest BCUT2D eigenvalue weighted by atomic mass is 9.69. The third-order valence-electron chi connectivity index (χ3n) is 6.56. The summed E-state index contributed by atoms with van der Waals surface area (Å²) in [5, 5.41) is 3.32. The maximum atomic E-state index is 13.7. The van der Waals surface area contributed by atoms with Crippen molar-refractivity contribution in [1.29, 1.82) is 0 Å². The lowest BCUT2D eigenvalue weighted by molar-refractivity contribution is -0.151. The van der Waals surface area contributed by atoms with Crippen molar-refractivity contribution < 1.29 is 23.8 Å². The van der Waals surface area contributed by atoms with Gasteiger partial charge in [-0.25, -0.2) is 0 Å². The second-order valence-corrected chi connectivity index (χ2v) is 9.27. The van der Waals surface area contributed by atoms with Gasteiger partial charge >= 0.3 is 5.97 Å². The third-order valence-corrected chi connectivity index (χ3v) is 6.56. The van der Waals surface area contributed by atoms with Gasteiger partial charge in [-0.1, -0.05) is 43.0 Å². The van der Waals surface area contributed by atoms with E-state index in [4.69, 9.17) is 14.2 Å². The molecule has 6 heteroatoms. The smallest absolute Gasteiger partial charge is 0.316 e. The number of ether oxygens (including phenoxy) is 3. The van der Waals surface area contributed by atoms with Crippen LogP contribution >= 0.6 is 0 Å². The highest BCUT2D eigenvalue weighted by Crippen LogP contribution is 2.48. The van der Waals surface area contributed by atoms with E-state index in [0.717, 1.165) is 16.8 Å². The lowest BCUT2D eigenvalue weighted by Crippen LogP contribution is -2.42. The second-order valence-electron chi connectivity index (χ2n) is 9.27. The number of nitrogens with one attached hydrogen (secondary N) is 1. The molecule has 35 heavy (non-hydrogen) atoms. The van der Waals surface area contributed by atoms with Crippen molar-refractivity contribution in [3.05, 3.63) is 83.2 Å². The second kappa shape index (κ2) is 10.4. The van der Waals surface area contributed by atoms with E-state index in [-0.39, 0.29) is 17.8 Å². The molecule has 1 aliphatic heterocycles. The van der Waals surface area contributed by atoms with Crippen LogP contribution in [-0.2, 0) is 14.3 Å². The van der Waals surface area contributed by atoms with Crippen molar-refractivity contribution in [3.63, 3.8) is 0 Å². The highest BCUT2D eigenvalue weighted by Gasteiger charge is 2.45. The van der Waals surface area contributed by atoms with Gasteiger partial charge in [0, 0.05) is 29.3 Å². The molecule has 1 heterocycles. The number of Topliss-reactive ketones (excluding diaryl/α,β-unsaturated/α-hetero) is 1. The molecule has 2 aromatic rings. The summed E-state index contributed by atoms with van der Waals surface area (Å²) in [5.41, 5.74) is 3.90. The number of ketones is 1. The zero-order valence-corrected chi connectivity index (χ0v) is 20.8. The molecule has 0 saturated carbocycles. The van der Waals surface area contributed by atoms with E-state index < -0.39 is 17.8 Å². The molecular formula is C29H33NO5. The van der Waals surface area contributed by atoms with Gasteiger partial charge < -0.3 is 19.5 Å². The minimum absolute atomic E-state index is 0.0281. The predicted molar refractivity (Wildman–Crippen MR) is 134 cm³/mol. The topological polar surface area (TPSA) is 73.9 Å². The molecule has 1 N–H and O–H groups in total. The van der Waals surface area contributed by atoms with Crippen molar-refractivity contribution in [3.8, 4) is 11.5 Å². The fourth-order valence-electron chi connectivity index (χ4n) is 5.11. The van der Waals surface area contributed by atoms with Gasteiger partial charge in [0.05, 0.1) is 19.8 Å². The molecule has 0 fully saturated rings. The largest absolute Gasteiger partial charge is 0.493 e. The Morgan fingerprint density at radius 2 is 1.83 bits per heavy atom. The van der Waals surface area contributed by atoms with Crippen molar-refractivity contribution in [2.75, 3.05) is 13.7 Å². The molecule has 0 amide bonds. The minimum atomic E-state index is -0.740. The summed E-state index contributed by atoms with van der Waals surface area (Å²) < 4.78 is 16.9. The number of esters is 1. The van der Waals surface area contributed by atoms with Crippen LogP contribution in [-0.4, -0.2) is 31.6 Å². The van der Waals surface area contributed by atoms with E-state index in [2.05, 4.69) is 24.0 Å². The van der Waals surface area contributed by atoms with Crippen LogP contribution in [0.1, 0.15) is 56.6 Å².